The Balaban J connectivity index is 1.65. The molecule has 0 radical (unpaired) electrons. The van der Waals surface area contributed by atoms with Gasteiger partial charge in [-0.15, -0.1) is 0 Å². The van der Waals surface area contributed by atoms with Crippen LogP contribution in [0.1, 0.15) is 24.3 Å². The van der Waals surface area contributed by atoms with Crippen molar-refractivity contribution in [2.75, 3.05) is 5.32 Å². The van der Waals surface area contributed by atoms with Crippen molar-refractivity contribution in [3.8, 4) is 0 Å². The van der Waals surface area contributed by atoms with Crippen LogP contribution < -0.4 is 5.32 Å². The van der Waals surface area contributed by atoms with Crippen molar-refractivity contribution in [3.05, 3.63) is 62.8 Å². The highest BCUT2D eigenvalue weighted by Crippen LogP contribution is 2.41. The van der Waals surface area contributed by atoms with Crippen LogP contribution in [-0.2, 0) is 0 Å². The monoisotopic (exact) mass is 343 g/mol. The van der Waals surface area contributed by atoms with Gasteiger partial charge in [0.05, 0.1) is 15.7 Å². The molecular formula is C16H13Cl3FN. The fraction of sp³-hybridized carbons (Fsp3) is 0.250. The quantitative estimate of drug-likeness (QED) is 0.704. The topological polar surface area (TPSA) is 12.0 Å². The van der Waals surface area contributed by atoms with Crippen LogP contribution >= 0.6 is 34.8 Å². The van der Waals surface area contributed by atoms with Crippen molar-refractivity contribution in [2.45, 2.75) is 24.8 Å². The first-order valence-corrected chi connectivity index (χ1v) is 7.83. The summed E-state index contributed by atoms with van der Waals surface area (Å²) in [6.07, 6.45) is 1.86. The molecule has 1 aliphatic rings. The Bertz CT molecular complexity index is 645. The minimum atomic E-state index is -0.187. The zero-order valence-corrected chi connectivity index (χ0v) is 13.3. The van der Waals surface area contributed by atoms with E-state index >= 15 is 0 Å². The second-order valence-corrected chi connectivity index (χ2v) is 6.56. The smallest absolute Gasteiger partial charge is 0.123 e. The predicted octanol–water partition coefficient (Wildman–Crippen LogP) is 6.14. The van der Waals surface area contributed by atoms with Crippen LogP contribution in [0.25, 0.3) is 0 Å². The molecule has 1 saturated carbocycles. The van der Waals surface area contributed by atoms with Crippen LogP contribution in [0.15, 0.2) is 36.4 Å². The van der Waals surface area contributed by atoms with Crippen LogP contribution in [0.2, 0.25) is 15.1 Å². The molecule has 0 heterocycles. The number of halogens is 4. The molecule has 1 aliphatic carbocycles. The van der Waals surface area contributed by atoms with E-state index in [1.807, 2.05) is 6.07 Å². The summed E-state index contributed by atoms with van der Waals surface area (Å²) in [6.45, 7) is 0. The lowest BCUT2D eigenvalue weighted by Crippen LogP contribution is -2.34. The van der Waals surface area contributed by atoms with Crippen molar-refractivity contribution < 1.29 is 4.39 Å². The molecule has 1 nitrogen and oxygen atoms in total. The lowest BCUT2D eigenvalue weighted by molar-refractivity contribution is 0.373. The standard InChI is InChI=1S/C16H13Cl3FN/c17-11-7-14(18)16(15(19)8-11)21-13-5-10(6-13)9-2-1-3-12(20)4-9/h1-4,7-8,10,13,21H,5-6H2. The molecule has 0 spiro atoms. The third kappa shape index (κ3) is 3.28. The average molecular weight is 345 g/mol. The molecule has 5 heteroatoms. The van der Waals surface area contributed by atoms with Crippen molar-refractivity contribution in [1.82, 2.24) is 0 Å². The summed E-state index contributed by atoms with van der Waals surface area (Å²) in [7, 11) is 0. The van der Waals surface area contributed by atoms with Gasteiger partial charge in [-0.1, -0.05) is 46.9 Å². The van der Waals surface area contributed by atoms with Gasteiger partial charge < -0.3 is 5.32 Å². The zero-order chi connectivity index (χ0) is 15.0. The predicted molar refractivity (Wildman–Crippen MR) is 87.3 cm³/mol. The maximum absolute atomic E-state index is 13.2. The average Bonchev–Trinajstić information content (AvgIpc) is 2.35. The minimum Gasteiger partial charge on any atom is -0.380 e. The van der Waals surface area contributed by atoms with Crippen LogP contribution in [0.4, 0.5) is 10.1 Å². The SMILES string of the molecule is Fc1cccc(C2CC(Nc3c(Cl)cc(Cl)cc3Cl)C2)c1. The van der Waals surface area contributed by atoms with E-state index in [-0.39, 0.29) is 11.9 Å². The normalized spacial score (nSPS) is 21.0. The molecule has 0 saturated heterocycles. The third-order valence-corrected chi connectivity index (χ3v) is 4.63. The van der Waals surface area contributed by atoms with Gasteiger partial charge in [-0.05, 0) is 48.6 Å². The highest BCUT2D eigenvalue weighted by molar-refractivity contribution is 6.41. The van der Waals surface area contributed by atoms with Gasteiger partial charge in [-0.2, -0.15) is 0 Å². The molecule has 3 rings (SSSR count). The molecule has 0 bridgehead atoms. The molecule has 1 fully saturated rings. The summed E-state index contributed by atoms with van der Waals surface area (Å²) in [4.78, 5) is 0. The lowest BCUT2D eigenvalue weighted by atomic mass is 9.76. The Morgan fingerprint density at radius 3 is 2.29 bits per heavy atom. The van der Waals surface area contributed by atoms with Crippen LogP contribution in [-0.4, -0.2) is 6.04 Å². The van der Waals surface area contributed by atoms with E-state index in [1.54, 1.807) is 24.3 Å². The van der Waals surface area contributed by atoms with Crippen LogP contribution in [0.3, 0.4) is 0 Å². The van der Waals surface area contributed by atoms with E-state index in [0.29, 0.717) is 26.7 Å². The molecule has 1 N–H and O–H groups in total. The van der Waals surface area contributed by atoms with E-state index < -0.39 is 0 Å². The fourth-order valence-corrected chi connectivity index (χ4v) is 3.58. The van der Waals surface area contributed by atoms with Gasteiger partial charge in [0.15, 0.2) is 0 Å². The van der Waals surface area contributed by atoms with Crippen LogP contribution in [0.5, 0.6) is 0 Å². The van der Waals surface area contributed by atoms with Crippen LogP contribution in [0, 0.1) is 5.82 Å². The first-order chi connectivity index (χ1) is 10.0. The van der Waals surface area contributed by atoms with E-state index in [4.69, 9.17) is 34.8 Å². The first-order valence-electron chi connectivity index (χ1n) is 6.69. The molecular weight excluding hydrogens is 332 g/mol. The largest absolute Gasteiger partial charge is 0.380 e. The Kier molecular flexibility index (Phi) is 4.30. The number of hydrogen-bond acceptors (Lipinski definition) is 1. The second-order valence-electron chi connectivity index (χ2n) is 5.31. The molecule has 2 aromatic rings. The lowest BCUT2D eigenvalue weighted by Gasteiger charge is -2.37. The molecule has 0 amide bonds. The van der Waals surface area contributed by atoms with Crippen molar-refractivity contribution in [1.29, 1.82) is 0 Å². The zero-order valence-electron chi connectivity index (χ0n) is 11.0. The van der Waals surface area contributed by atoms with Gasteiger partial charge in [0.25, 0.3) is 0 Å². The van der Waals surface area contributed by atoms with Gasteiger partial charge in [-0.3, -0.25) is 0 Å². The van der Waals surface area contributed by atoms with E-state index in [9.17, 15) is 4.39 Å². The van der Waals surface area contributed by atoms with Gasteiger partial charge in [-0.25, -0.2) is 4.39 Å². The fourth-order valence-electron chi connectivity index (χ4n) is 2.65. The maximum atomic E-state index is 13.2. The van der Waals surface area contributed by atoms with E-state index in [0.717, 1.165) is 18.4 Å². The number of hydrogen-bond donors (Lipinski definition) is 1. The molecule has 110 valence electrons. The summed E-state index contributed by atoms with van der Waals surface area (Å²) in [5.74, 6) is 0.191. The Labute approximate surface area is 138 Å². The van der Waals surface area contributed by atoms with Crippen molar-refractivity contribution in [2.24, 2.45) is 0 Å². The summed E-state index contributed by atoms with van der Waals surface area (Å²) >= 11 is 18.2. The molecule has 21 heavy (non-hydrogen) atoms. The highest BCUT2D eigenvalue weighted by Gasteiger charge is 2.31. The number of rotatable bonds is 3. The second kappa shape index (κ2) is 6.04. The van der Waals surface area contributed by atoms with Crippen molar-refractivity contribution >= 4 is 40.5 Å². The molecule has 0 aromatic heterocycles. The Morgan fingerprint density at radius 2 is 1.67 bits per heavy atom. The van der Waals surface area contributed by atoms with Gasteiger partial charge in [0.2, 0.25) is 0 Å². The van der Waals surface area contributed by atoms with E-state index in [2.05, 4.69) is 5.32 Å². The summed E-state index contributed by atoms with van der Waals surface area (Å²) < 4.78 is 13.2. The maximum Gasteiger partial charge on any atom is 0.123 e. The minimum absolute atomic E-state index is 0.187. The first kappa shape index (κ1) is 15.0. The summed E-state index contributed by atoms with van der Waals surface area (Å²) in [5.41, 5.74) is 1.76. The third-order valence-electron chi connectivity index (χ3n) is 3.81. The summed E-state index contributed by atoms with van der Waals surface area (Å²) in [5, 5.41) is 4.89. The molecule has 0 aliphatic heterocycles. The van der Waals surface area contributed by atoms with E-state index in [1.165, 1.54) is 6.07 Å². The molecule has 0 unspecified atom stereocenters. The van der Waals surface area contributed by atoms with Gasteiger partial charge in [0.1, 0.15) is 5.82 Å². The highest BCUT2D eigenvalue weighted by atomic mass is 35.5. The van der Waals surface area contributed by atoms with Crippen molar-refractivity contribution in [3.63, 3.8) is 0 Å². The molecule has 0 atom stereocenters. The van der Waals surface area contributed by atoms with Gasteiger partial charge >= 0.3 is 0 Å². The number of nitrogens with one attached hydrogen (secondary N) is 1. The van der Waals surface area contributed by atoms with Gasteiger partial charge in [0, 0.05) is 11.1 Å². The Hall–Kier alpha value is -0.960. The Morgan fingerprint density at radius 1 is 1.00 bits per heavy atom. The number of benzene rings is 2. The summed E-state index contributed by atoms with van der Waals surface area (Å²) in [6, 6.07) is 10.4. The number of anilines is 1. The molecule has 2 aromatic carbocycles.